The second-order valence-corrected chi connectivity index (χ2v) is 10.6. The van der Waals surface area contributed by atoms with Crippen LogP contribution in [-0.2, 0) is 31.9 Å². The second kappa shape index (κ2) is 9.47. The highest BCUT2D eigenvalue weighted by atomic mass is 19.4. The van der Waals surface area contributed by atoms with Gasteiger partial charge in [0, 0.05) is 5.56 Å². The molecule has 42 heavy (non-hydrogen) atoms. The lowest BCUT2D eigenvalue weighted by molar-refractivity contribution is -0.237. The smallest absolute Gasteiger partial charge is 0.414 e. The van der Waals surface area contributed by atoms with Gasteiger partial charge in [0.2, 0.25) is 16.9 Å². The average molecular weight is 576 g/mol. The van der Waals surface area contributed by atoms with Gasteiger partial charge in [0.05, 0.1) is 35.8 Å². The fourth-order valence-corrected chi connectivity index (χ4v) is 6.49. The Kier molecular flexibility index (Phi) is 6.22. The maximum Gasteiger partial charge on any atom is 0.414 e. The number of anilines is 1. The largest absolute Gasteiger partial charge is 0.465 e. The molecule has 3 aromatic carbocycles. The van der Waals surface area contributed by atoms with E-state index in [1.165, 1.54) is 29.5 Å². The molecule has 10 heteroatoms. The van der Waals surface area contributed by atoms with E-state index in [1.807, 2.05) is 6.07 Å². The molecule has 2 aliphatic rings. The Morgan fingerprint density at radius 3 is 2.26 bits per heavy atom. The summed E-state index contributed by atoms with van der Waals surface area (Å²) >= 11 is 0. The van der Waals surface area contributed by atoms with Crippen molar-refractivity contribution in [2.24, 2.45) is 0 Å². The number of aromatic nitrogens is 2. The highest BCUT2D eigenvalue weighted by Gasteiger charge is 2.85. The zero-order valence-electron chi connectivity index (χ0n) is 23.5. The zero-order chi connectivity index (χ0) is 30.0. The number of rotatable bonds is 5. The summed E-state index contributed by atoms with van der Waals surface area (Å²) in [7, 11) is 0. The minimum absolute atomic E-state index is 0.0292. The van der Waals surface area contributed by atoms with Crippen molar-refractivity contribution in [2.45, 2.75) is 51.4 Å². The van der Waals surface area contributed by atoms with Crippen LogP contribution < -0.4 is 9.64 Å². The Morgan fingerprint density at radius 2 is 1.64 bits per heavy atom. The van der Waals surface area contributed by atoms with Gasteiger partial charge in [0.25, 0.3) is 5.91 Å². The molecule has 0 aliphatic carbocycles. The highest BCUT2D eigenvalue weighted by molar-refractivity contribution is 6.14. The molecule has 7 nitrogen and oxygen atoms in total. The van der Waals surface area contributed by atoms with Crippen LogP contribution in [0.25, 0.3) is 5.69 Å². The molecule has 1 amide bonds. The molecule has 2 aliphatic heterocycles. The minimum Gasteiger partial charge on any atom is -0.465 e. The Bertz CT molecular complexity index is 1720. The van der Waals surface area contributed by atoms with Crippen LogP contribution in [0.1, 0.15) is 40.4 Å². The normalized spacial score (nSPS) is 20.9. The first kappa shape index (κ1) is 27.6. The lowest BCUT2D eigenvalue weighted by Crippen LogP contribution is -2.66. The minimum atomic E-state index is -5.33. The molecule has 1 aromatic heterocycles. The summed E-state index contributed by atoms with van der Waals surface area (Å²) in [6.45, 7) is 5.89. The number of aryl methyl sites for hydroxylation is 3. The molecular formula is C32H28F3N3O4. The number of alkyl halides is 3. The monoisotopic (exact) mass is 575 g/mol. The van der Waals surface area contributed by atoms with E-state index < -0.39 is 34.6 Å². The molecule has 4 aromatic rings. The first-order valence-corrected chi connectivity index (χ1v) is 13.5. The van der Waals surface area contributed by atoms with Crippen LogP contribution in [0.4, 0.5) is 18.9 Å². The summed E-state index contributed by atoms with van der Waals surface area (Å²) in [4.78, 5) is 30.1. The summed E-state index contributed by atoms with van der Waals surface area (Å²) in [5, 5.41) is 4.37. The van der Waals surface area contributed by atoms with Crippen LogP contribution in [0.3, 0.4) is 0 Å². The number of hydrogen-bond donors (Lipinski definition) is 0. The van der Waals surface area contributed by atoms with Gasteiger partial charge in [-0.3, -0.25) is 9.59 Å². The van der Waals surface area contributed by atoms with E-state index in [0.717, 1.165) is 0 Å². The van der Waals surface area contributed by atoms with Crippen LogP contribution in [0.2, 0.25) is 0 Å². The van der Waals surface area contributed by atoms with Gasteiger partial charge in [-0.25, -0.2) is 4.68 Å². The van der Waals surface area contributed by atoms with Crippen molar-refractivity contribution >= 4 is 17.6 Å². The lowest BCUT2D eigenvalue weighted by Gasteiger charge is -2.40. The van der Waals surface area contributed by atoms with Crippen molar-refractivity contribution in [3.05, 3.63) is 106 Å². The third-order valence-corrected chi connectivity index (χ3v) is 8.00. The van der Waals surface area contributed by atoms with E-state index in [0.29, 0.717) is 22.4 Å². The molecule has 3 heterocycles. The van der Waals surface area contributed by atoms with Crippen molar-refractivity contribution in [3.8, 4) is 11.6 Å². The van der Waals surface area contributed by atoms with Crippen LogP contribution in [0, 0.1) is 20.8 Å². The number of carbonyl (C=O) groups is 2. The molecule has 0 radical (unpaired) electrons. The maximum atomic E-state index is 16.0. The molecule has 0 bridgehead atoms. The Balaban J connectivity index is 1.73. The average Bonchev–Trinajstić information content (AvgIpc) is 3.53. The number of amides is 1. The standard InChI is InChI=1S/C32H28F3N3O4/c1-5-41-29(40)30(32(33,34)35)25-21(4)36-38(23-14-10-7-11-15-23)27(25)42-31(30)24-17-19(2)16-20(3)26(24)37(28(31)39)18-22-12-8-6-9-13-22/h6-17H,5,18H2,1-4H3/t30-,31-/m0/s1. The summed E-state index contributed by atoms with van der Waals surface area (Å²) in [5.74, 6) is -2.95. The fraction of sp³-hybridized carbons (Fsp3) is 0.281. The van der Waals surface area contributed by atoms with Crippen molar-refractivity contribution in [1.29, 1.82) is 0 Å². The topological polar surface area (TPSA) is 73.7 Å². The van der Waals surface area contributed by atoms with Gasteiger partial charge >= 0.3 is 12.1 Å². The summed E-state index contributed by atoms with van der Waals surface area (Å²) < 4.78 is 60.8. The number of benzene rings is 3. The van der Waals surface area contributed by atoms with Crippen molar-refractivity contribution in [2.75, 3.05) is 11.5 Å². The van der Waals surface area contributed by atoms with Crippen LogP contribution in [-0.4, -0.2) is 34.4 Å². The molecule has 1 spiro atoms. The Labute approximate surface area is 240 Å². The van der Waals surface area contributed by atoms with Gasteiger partial charge in [-0.15, -0.1) is 0 Å². The molecule has 0 saturated carbocycles. The Morgan fingerprint density at radius 1 is 1.00 bits per heavy atom. The van der Waals surface area contributed by atoms with Gasteiger partial charge in [0.15, 0.2) is 0 Å². The first-order chi connectivity index (χ1) is 20.0. The number of hydrogen-bond acceptors (Lipinski definition) is 5. The van der Waals surface area contributed by atoms with E-state index in [2.05, 4.69) is 5.10 Å². The third kappa shape index (κ3) is 3.50. The predicted molar refractivity (Wildman–Crippen MR) is 149 cm³/mol. The van der Waals surface area contributed by atoms with E-state index in [1.54, 1.807) is 74.5 Å². The van der Waals surface area contributed by atoms with Gasteiger partial charge in [-0.2, -0.15) is 18.3 Å². The molecular weight excluding hydrogens is 547 g/mol. The lowest BCUT2D eigenvalue weighted by atomic mass is 9.65. The summed E-state index contributed by atoms with van der Waals surface area (Å²) in [6, 6.07) is 20.7. The van der Waals surface area contributed by atoms with Crippen LogP contribution >= 0.6 is 0 Å². The molecule has 0 saturated heterocycles. The molecule has 0 N–H and O–H groups in total. The number of para-hydroxylation sites is 1. The van der Waals surface area contributed by atoms with Crippen molar-refractivity contribution < 1.29 is 32.2 Å². The van der Waals surface area contributed by atoms with Gasteiger partial charge in [-0.1, -0.05) is 60.2 Å². The zero-order valence-corrected chi connectivity index (χ0v) is 23.5. The molecule has 216 valence electrons. The van der Waals surface area contributed by atoms with E-state index in [4.69, 9.17) is 9.47 Å². The SMILES string of the molecule is CCOC(=O)[C@@]1(C(F)(F)F)c2c(C)nn(-c3ccccc3)c2O[C@@]12C(=O)N(Cc1ccccc1)c1c(C)cc(C)cc12. The molecule has 2 atom stereocenters. The highest BCUT2D eigenvalue weighted by Crippen LogP contribution is 2.67. The van der Waals surface area contributed by atoms with E-state index >= 15 is 13.2 Å². The van der Waals surface area contributed by atoms with E-state index in [9.17, 15) is 9.59 Å². The first-order valence-electron chi connectivity index (χ1n) is 13.5. The Hall–Kier alpha value is -4.60. The van der Waals surface area contributed by atoms with Gasteiger partial charge < -0.3 is 14.4 Å². The molecule has 0 unspecified atom stereocenters. The molecule has 6 rings (SSSR count). The summed E-state index contributed by atoms with van der Waals surface area (Å²) in [6.07, 6.45) is -5.33. The van der Waals surface area contributed by atoms with Crippen LogP contribution in [0.15, 0.2) is 72.8 Å². The van der Waals surface area contributed by atoms with Gasteiger partial charge in [-0.05, 0) is 57.0 Å². The second-order valence-electron chi connectivity index (χ2n) is 10.6. The maximum absolute atomic E-state index is 16.0. The number of esters is 1. The van der Waals surface area contributed by atoms with Crippen molar-refractivity contribution in [1.82, 2.24) is 9.78 Å². The molecule has 0 fully saturated rings. The summed E-state index contributed by atoms with van der Waals surface area (Å²) in [5.41, 5.74) is -4.49. The fourth-order valence-electron chi connectivity index (χ4n) is 6.49. The number of carbonyl (C=O) groups excluding carboxylic acids is 2. The van der Waals surface area contributed by atoms with Crippen LogP contribution in [0.5, 0.6) is 5.88 Å². The number of nitrogens with zero attached hydrogens (tertiary/aromatic N) is 3. The van der Waals surface area contributed by atoms with Crippen molar-refractivity contribution in [3.63, 3.8) is 0 Å². The van der Waals surface area contributed by atoms with Gasteiger partial charge in [0.1, 0.15) is 0 Å². The number of ether oxygens (including phenoxy) is 2. The predicted octanol–water partition coefficient (Wildman–Crippen LogP) is 6.00. The number of fused-ring (bicyclic) bond motifs is 3. The number of halogens is 3. The van der Waals surface area contributed by atoms with E-state index in [-0.39, 0.29) is 36.0 Å². The third-order valence-electron chi connectivity index (χ3n) is 8.00. The quantitative estimate of drug-likeness (QED) is 0.273.